The molecule has 0 amide bonds. The van der Waals surface area contributed by atoms with Gasteiger partial charge in [0.15, 0.2) is 0 Å². The highest BCUT2D eigenvalue weighted by Crippen LogP contribution is 2.40. The van der Waals surface area contributed by atoms with Crippen molar-refractivity contribution in [2.75, 3.05) is 12.8 Å². The van der Waals surface area contributed by atoms with Crippen molar-refractivity contribution in [1.29, 1.82) is 0 Å². The maximum atomic E-state index is 3.53. The lowest BCUT2D eigenvalue weighted by atomic mass is 9.73. The van der Waals surface area contributed by atoms with Crippen LogP contribution in [0.25, 0.3) is 0 Å². The third-order valence-electron chi connectivity index (χ3n) is 3.37. The molecule has 14 heavy (non-hydrogen) atoms. The number of thioether (sulfide) groups is 1. The van der Waals surface area contributed by atoms with Gasteiger partial charge in [0, 0.05) is 11.3 Å². The van der Waals surface area contributed by atoms with Gasteiger partial charge in [-0.1, -0.05) is 27.2 Å². The van der Waals surface area contributed by atoms with Gasteiger partial charge in [-0.15, -0.1) is 0 Å². The van der Waals surface area contributed by atoms with Gasteiger partial charge in [0.1, 0.15) is 0 Å². The van der Waals surface area contributed by atoms with Crippen LogP contribution in [0.2, 0.25) is 0 Å². The molecule has 2 atom stereocenters. The van der Waals surface area contributed by atoms with E-state index in [1.165, 1.54) is 31.4 Å². The van der Waals surface area contributed by atoms with E-state index in [1.54, 1.807) is 0 Å². The first-order valence-corrected chi connectivity index (χ1v) is 6.95. The van der Waals surface area contributed by atoms with Crippen LogP contribution in [0.5, 0.6) is 0 Å². The van der Waals surface area contributed by atoms with E-state index in [2.05, 4.69) is 44.9 Å². The van der Waals surface area contributed by atoms with Crippen molar-refractivity contribution in [3.63, 3.8) is 0 Å². The van der Waals surface area contributed by atoms with Gasteiger partial charge in [-0.05, 0) is 37.5 Å². The van der Waals surface area contributed by atoms with E-state index in [9.17, 15) is 0 Å². The lowest BCUT2D eigenvalue weighted by Gasteiger charge is -2.43. The first-order chi connectivity index (χ1) is 6.61. The molecule has 1 nitrogen and oxygen atoms in total. The third kappa shape index (κ3) is 2.90. The largest absolute Gasteiger partial charge is 0.315 e. The van der Waals surface area contributed by atoms with E-state index in [4.69, 9.17) is 0 Å². The monoisotopic (exact) mass is 215 g/mol. The molecule has 0 radical (unpaired) electrons. The second-order valence-corrected chi connectivity index (χ2v) is 6.40. The SMILES string of the molecule is CCCSC1CCCC(C)(C)C1NC. The molecule has 1 rings (SSSR count). The van der Waals surface area contributed by atoms with Crippen LogP contribution in [0.3, 0.4) is 0 Å². The molecule has 0 aromatic rings. The molecule has 1 fully saturated rings. The summed E-state index contributed by atoms with van der Waals surface area (Å²) in [5, 5.41) is 4.37. The summed E-state index contributed by atoms with van der Waals surface area (Å²) >= 11 is 2.17. The summed E-state index contributed by atoms with van der Waals surface area (Å²) in [6, 6.07) is 0.702. The van der Waals surface area contributed by atoms with Crippen LogP contribution < -0.4 is 5.32 Å². The maximum Gasteiger partial charge on any atom is 0.0234 e. The summed E-state index contributed by atoms with van der Waals surface area (Å²) < 4.78 is 0. The Morgan fingerprint density at radius 3 is 2.71 bits per heavy atom. The van der Waals surface area contributed by atoms with Crippen LogP contribution >= 0.6 is 11.8 Å². The second-order valence-electron chi connectivity index (χ2n) is 5.06. The van der Waals surface area contributed by atoms with E-state index >= 15 is 0 Å². The number of hydrogen-bond donors (Lipinski definition) is 1. The van der Waals surface area contributed by atoms with E-state index in [-0.39, 0.29) is 0 Å². The molecular formula is C12H25NS. The zero-order valence-corrected chi connectivity index (χ0v) is 10.9. The minimum Gasteiger partial charge on any atom is -0.315 e. The first-order valence-electron chi connectivity index (χ1n) is 5.90. The number of nitrogens with one attached hydrogen (secondary N) is 1. The number of rotatable bonds is 4. The van der Waals surface area contributed by atoms with E-state index in [0.717, 1.165) is 5.25 Å². The molecule has 0 aromatic carbocycles. The average Bonchev–Trinajstić information content (AvgIpc) is 2.13. The molecule has 1 aliphatic rings. The third-order valence-corrected chi connectivity index (χ3v) is 4.95. The normalized spacial score (nSPS) is 31.7. The zero-order valence-electron chi connectivity index (χ0n) is 10.1. The molecule has 1 N–H and O–H groups in total. The van der Waals surface area contributed by atoms with E-state index in [0.29, 0.717) is 11.5 Å². The highest BCUT2D eigenvalue weighted by Gasteiger charge is 2.37. The van der Waals surface area contributed by atoms with Crippen molar-refractivity contribution in [3.05, 3.63) is 0 Å². The predicted molar refractivity (Wildman–Crippen MR) is 67.0 cm³/mol. The van der Waals surface area contributed by atoms with Gasteiger partial charge in [0.05, 0.1) is 0 Å². The van der Waals surface area contributed by atoms with Gasteiger partial charge >= 0.3 is 0 Å². The quantitative estimate of drug-likeness (QED) is 0.772. The fraction of sp³-hybridized carbons (Fsp3) is 1.00. The summed E-state index contributed by atoms with van der Waals surface area (Å²) in [5.41, 5.74) is 0.485. The summed E-state index contributed by atoms with van der Waals surface area (Å²) in [5.74, 6) is 1.32. The highest BCUT2D eigenvalue weighted by atomic mass is 32.2. The molecule has 1 aliphatic carbocycles. The maximum absolute atomic E-state index is 3.53. The van der Waals surface area contributed by atoms with Gasteiger partial charge in [-0.2, -0.15) is 11.8 Å². The lowest BCUT2D eigenvalue weighted by molar-refractivity contribution is 0.182. The van der Waals surface area contributed by atoms with Crippen LogP contribution in [0.15, 0.2) is 0 Å². The lowest BCUT2D eigenvalue weighted by Crippen LogP contribution is -2.50. The average molecular weight is 215 g/mol. The molecule has 0 heterocycles. The Morgan fingerprint density at radius 1 is 1.43 bits per heavy atom. The molecule has 2 unspecified atom stereocenters. The fourth-order valence-corrected chi connectivity index (χ4v) is 4.18. The minimum absolute atomic E-state index is 0.485. The summed E-state index contributed by atoms with van der Waals surface area (Å²) in [6.07, 6.45) is 5.49. The molecule has 0 saturated heterocycles. The Hall–Kier alpha value is 0.310. The molecule has 84 valence electrons. The first kappa shape index (κ1) is 12.4. The summed E-state index contributed by atoms with van der Waals surface area (Å²) in [4.78, 5) is 0. The van der Waals surface area contributed by atoms with Gasteiger partial charge in [0.2, 0.25) is 0 Å². The Labute approximate surface area is 93.4 Å². The molecule has 1 saturated carbocycles. The van der Waals surface area contributed by atoms with E-state index < -0.39 is 0 Å². The van der Waals surface area contributed by atoms with Gasteiger partial charge < -0.3 is 5.32 Å². The Balaban J connectivity index is 2.55. The summed E-state index contributed by atoms with van der Waals surface area (Å²) in [7, 11) is 2.12. The minimum atomic E-state index is 0.485. The van der Waals surface area contributed by atoms with Crippen molar-refractivity contribution in [3.8, 4) is 0 Å². The Kier molecular flexibility index (Phi) is 4.78. The van der Waals surface area contributed by atoms with Crippen LogP contribution in [0, 0.1) is 5.41 Å². The molecule has 2 heteroatoms. The van der Waals surface area contributed by atoms with Gasteiger partial charge in [-0.25, -0.2) is 0 Å². The van der Waals surface area contributed by atoms with Crippen molar-refractivity contribution >= 4 is 11.8 Å². The highest BCUT2D eigenvalue weighted by molar-refractivity contribution is 7.99. The van der Waals surface area contributed by atoms with Crippen LogP contribution in [0.1, 0.15) is 46.5 Å². The van der Waals surface area contributed by atoms with Crippen molar-refractivity contribution in [2.24, 2.45) is 5.41 Å². The standard InChI is InChI=1S/C12H25NS/c1-5-9-14-10-7-6-8-12(2,3)11(10)13-4/h10-11,13H,5-9H2,1-4H3. The molecule has 0 aromatic heterocycles. The Bertz CT molecular complexity index is 168. The van der Waals surface area contributed by atoms with Crippen molar-refractivity contribution < 1.29 is 0 Å². The van der Waals surface area contributed by atoms with Crippen LogP contribution in [0.4, 0.5) is 0 Å². The predicted octanol–water partition coefficient (Wildman–Crippen LogP) is 3.30. The number of hydrogen-bond acceptors (Lipinski definition) is 2. The molecule has 0 bridgehead atoms. The van der Waals surface area contributed by atoms with Crippen molar-refractivity contribution in [2.45, 2.75) is 57.7 Å². The smallest absolute Gasteiger partial charge is 0.0234 e. The van der Waals surface area contributed by atoms with Gasteiger partial charge in [-0.3, -0.25) is 0 Å². The van der Waals surface area contributed by atoms with Crippen LogP contribution in [-0.4, -0.2) is 24.1 Å². The topological polar surface area (TPSA) is 12.0 Å². The molecular weight excluding hydrogens is 190 g/mol. The van der Waals surface area contributed by atoms with Gasteiger partial charge in [0.25, 0.3) is 0 Å². The van der Waals surface area contributed by atoms with Crippen LogP contribution in [-0.2, 0) is 0 Å². The fourth-order valence-electron chi connectivity index (χ4n) is 2.61. The molecule has 0 aliphatic heterocycles. The Morgan fingerprint density at radius 2 is 2.14 bits per heavy atom. The van der Waals surface area contributed by atoms with E-state index in [1.807, 2.05) is 0 Å². The van der Waals surface area contributed by atoms with Crippen molar-refractivity contribution in [1.82, 2.24) is 5.32 Å². The zero-order chi connectivity index (χ0) is 10.6. The molecule has 0 spiro atoms. The second kappa shape index (κ2) is 5.41. The summed E-state index contributed by atoms with van der Waals surface area (Å²) in [6.45, 7) is 7.09.